The van der Waals surface area contributed by atoms with E-state index in [0.717, 1.165) is 65.6 Å². The summed E-state index contributed by atoms with van der Waals surface area (Å²) in [5, 5.41) is 8.09. The average Bonchev–Trinajstić information content (AvgIpc) is 3.50. The van der Waals surface area contributed by atoms with Crippen molar-refractivity contribution in [3.05, 3.63) is 176 Å². The highest BCUT2D eigenvalue weighted by Crippen LogP contribution is 2.45. The number of hydrogen-bond donors (Lipinski definition) is 0. The van der Waals surface area contributed by atoms with E-state index < -0.39 is 7.14 Å². The maximum absolute atomic E-state index is 15.4. The Hall–Kier alpha value is -5.76. The molecule has 4 heteroatoms. The van der Waals surface area contributed by atoms with Crippen LogP contribution in [-0.2, 0) is 4.57 Å². The first-order chi connectivity index (χ1) is 23.2. The summed E-state index contributed by atoms with van der Waals surface area (Å²) in [6.45, 7) is 0. The molecule has 0 N–H and O–H groups in total. The van der Waals surface area contributed by atoms with Gasteiger partial charge in [-0.25, -0.2) is 4.98 Å². The normalized spacial score (nSPS) is 11.9. The predicted octanol–water partition coefficient (Wildman–Crippen LogP) is 9.79. The van der Waals surface area contributed by atoms with Crippen molar-refractivity contribution in [3.63, 3.8) is 0 Å². The first-order valence-corrected chi connectivity index (χ1v) is 17.5. The zero-order chi connectivity index (χ0) is 31.4. The third kappa shape index (κ3) is 4.28. The first-order valence-electron chi connectivity index (χ1n) is 15.8. The van der Waals surface area contributed by atoms with Crippen LogP contribution in [0.15, 0.2) is 176 Å². The van der Waals surface area contributed by atoms with Gasteiger partial charge in [-0.3, -0.25) is 0 Å². The van der Waals surface area contributed by atoms with E-state index in [-0.39, 0.29) is 0 Å². The van der Waals surface area contributed by atoms with Crippen molar-refractivity contribution in [2.45, 2.75) is 0 Å². The molecule has 0 aliphatic rings. The van der Waals surface area contributed by atoms with Crippen LogP contribution in [0.3, 0.4) is 0 Å². The molecule has 2 heterocycles. The van der Waals surface area contributed by atoms with Crippen molar-refractivity contribution in [2.24, 2.45) is 0 Å². The van der Waals surface area contributed by atoms with Gasteiger partial charge >= 0.3 is 0 Å². The van der Waals surface area contributed by atoms with E-state index in [0.29, 0.717) is 0 Å². The van der Waals surface area contributed by atoms with E-state index in [4.69, 9.17) is 4.98 Å². The van der Waals surface area contributed by atoms with E-state index >= 15 is 4.57 Å². The number of hydrogen-bond acceptors (Lipinski definition) is 2. The van der Waals surface area contributed by atoms with Crippen LogP contribution in [-0.4, -0.2) is 9.55 Å². The molecule has 9 aromatic rings. The van der Waals surface area contributed by atoms with Crippen LogP contribution < -0.4 is 15.9 Å². The average molecular weight is 621 g/mol. The Morgan fingerprint density at radius 2 is 1.04 bits per heavy atom. The second-order valence-corrected chi connectivity index (χ2v) is 14.6. The topological polar surface area (TPSA) is 34.9 Å². The van der Waals surface area contributed by atoms with Crippen molar-refractivity contribution in [1.82, 2.24) is 9.55 Å². The lowest BCUT2D eigenvalue weighted by atomic mass is 9.97. The van der Waals surface area contributed by atoms with Gasteiger partial charge in [-0.05, 0) is 35.7 Å². The van der Waals surface area contributed by atoms with Gasteiger partial charge in [-0.2, -0.15) is 0 Å². The highest BCUT2D eigenvalue weighted by molar-refractivity contribution is 7.85. The van der Waals surface area contributed by atoms with Crippen molar-refractivity contribution < 1.29 is 4.57 Å². The molecular formula is C43H29N2OP. The fourth-order valence-corrected chi connectivity index (χ4v) is 9.82. The minimum absolute atomic E-state index is 0.784. The number of pyridine rings is 1. The van der Waals surface area contributed by atoms with E-state index in [9.17, 15) is 0 Å². The molecule has 7 aromatic carbocycles. The summed E-state index contributed by atoms with van der Waals surface area (Å²) in [6, 6.07) is 60.0. The number of nitrogens with zero attached hydrogens (tertiary/aromatic N) is 2. The summed E-state index contributed by atoms with van der Waals surface area (Å²) in [4.78, 5) is 5.39. The van der Waals surface area contributed by atoms with Gasteiger partial charge < -0.3 is 9.13 Å². The standard InChI is InChI=1S/C43H29N2OP/c46-47(32-18-6-2-7-19-32,33-20-8-3-9-21-33)34-22-14-15-30(29-34)42-41-37(35-23-10-12-25-39(35)44-42)27-28-38-36-24-11-13-26-40(36)45(43(38)41)31-16-4-1-5-17-31/h1-29H. The monoisotopic (exact) mass is 620 g/mol. The molecule has 0 saturated carbocycles. The second kappa shape index (κ2) is 10.9. The summed E-state index contributed by atoms with van der Waals surface area (Å²) < 4.78 is 17.8. The molecule has 0 fully saturated rings. The number of para-hydroxylation sites is 3. The zero-order valence-electron chi connectivity index (χ0n) is 25.5. The smallest absolute Gasteiger partial charge is 0.171 e. The van der Waals surface area contributed by atoms with E-state index in [1.54, 1.807) is 0 Å². The van der Waals surface area contributed by atoms with Gasteiger partial charge in [0.15, 0.2) is 7.14 Å². The maximum atomic E-state index is 15.4. The van der Waals surface area contributed by atoms with Crippen LogP contribution in [0.1, 0.15) is 0 Å². The summed E-state index contributed by atoms with van der Waals surface area (Å²) in [6.07, 6.45) is 0. The van der Waals surface area contributed by atoms with Crippen molar-refractivity contribution in [2.75, 3.05) is 0 Å². The van der Waals surface area contributed by atoms with Crippen LogP contribution >= 0.6 is 7.14 Å². The fraction of sp³-hybridized carbons (Fsp3) is 0. The van der Waals surface area contributed by atoms with Gasteiger partial charge in [0.05, 0.1) is 22.2 Å². The number of aromatic nitrogens is 2. The van der Waals surface area contributed by atoms with E-state index in [2.05, 4.69) is 102 Å². The first kappa shape index (κ1) is 27.5. The Morgan fingerprint density at radius 3 is 1.77 bits per heavy atom. The molecule has 0 aliphatic carbocycles. The van der Waals surface area contributed by atoms with Gasteiger partial charge in [0, 0.05) is 48.7 Å². The molecule has 0 saturated heterocycles. The molecule has 47 heavy (non-hydrogen) atoms. The van der Waals surface area contributed by atoms with Gasteiger partial charge in [-0.15, -0.1) is 0 Å². The minimum atomic E-state index is -3.19. The van der Waals surface area contributed by atoms with E-state index in [1.807, 2.05) is 78.9 Å². The Balaban J connectivity index is 1.42. The van der Waals surface area contributed by atoms with Crippen LogP contribution in [0.5, 0.6) is 0 Å². The largest absolute Gasteiger partial charge is 0.309 e. The molecule has 2 aromatic heterocycles. The van der Waals surface area contributed by atoms with Gasteiger partial charge in [-0.1, -0.05) is 146 Å². The summed E-state index contributed by atoms with van der Waals surface area (Å²) in [7, 11) is -3.19. The quantitative estimate of drug-likeness (QED) is 0.142. The number of rotatable bonds is 5. The lowest BCUT2D eigenvalue weighted by Gasteiger charge is -2.21. The Morgan fingerprint density at radius 1 is 0.468 bits per heavy atom. The lowest BCUT2D eigenvalue weighted by molar-refractivity contribution is 0.592. The van der Waals surface area contributed by atoms with Crippen molar-refractivity contribution >= 4 is 66.5 Å². The molecule has 0 aliphatic heterocycles. The molecule has 9 rings (SSSR count). The highest BCUT2D eigenvalue weighted by Gasteiger charge is 2.30. The molecule has 222 valence electrons. The molecular weight excluding hydrogens is 591 g/mol. The molecule has 0 bridgehead atoms. The molecule has 0 amide bonds. The summed E-state index contributed by atoms with van der Waals surface area (Å²) in [5.74, 6) is 0. The van der Waals surface area contributed by atoms with Crippen LogP contribution in [0, 0.1) is 0 Å². The fourth-order valence-electron chi connectivity index (χ4n) is 7.12. The SMILES string of the molecule is O=P(c1ccccc1)(c1ccccc1)c1cccc(-c2nc3ccccc3c3ccc4c5ccccc5n(-c5ccccc5)c4c23)c1. The Labute approximate surface area is 272 Å². The minimum Gasteiger partial charge on any atom is -0.309 e. The summed E-state index contributed by atoms with van der Waals surface area (Å²) in [5.41, 5.74) is 6.09. The molecule has 3 nitrogen and oxygen atoms in total. The predicted molar refractivity (Wildman–Crippen MR) is 198 cm³/mol. The van der Waals surface area contributed by atoms with Crippen LogP contribution in [0.2, 0.25) is 0 Å². The lowest BCUT2D eigenvalue weighted by Crippen LogP contribution is -2.25. The van der Waals surface area contributed by atoms with Crippen molar-refractivity contribution in [3.8, 4) is 16.9 Å². The van der Waals surface area contributed by atoms with Gasteiger partial charge in [0.25, 0.3) is 0 Å². The third-order valence-corrected chi connectivity index (χ3v) is 12.3. The van der Waals surface area contributed by atoms with Gasteiger partial charge in [0.1, 0.15) is 0 Å². The zero-order valence-corrected chi connectivity index (χ0v) is 26.4. The Bertz CT molecular complexity index is 2600. The number of fused-ring (bicyclic) bond motifs is 7. The van der Waals surface area contributed by atoms with E-state index in [1.165, 1.54) is 10.8 Å². The van der Waals surface area contributed by atoms with Crippen LogP contribution in [0.4, 0.5) is 0 Å². The molecule has 0 spiro atoms. The molecule has 0 unspecified atom stereocenters. The summed E-state index contributed by atoms with van der Waals surface area (Å²) >= 11 is 0. The molecule has 0 atom stereocenters. The second-order valence-electron chi connectivity index (χ2n) is 11.9. The van der Waals surface area contributed by atoms with Crippen LogP contribution in [0.25, 0.3) is 60.4 Å². The Kier molecular flexibility index (Phi) is 6.41. The van der Waals surface area contributed by atoms with Gasteiger partial charge in [0.2, 0.25) is 0 Å². The van der Waals surface area contributed by atoms with Crippen molar-refractivity contribution in [1.29, 1.82) is 0 Å². The third-order valence-electron chi connectivity index (χ3n) is 9.24. The maximum Gasteiger partial charge on any atom is 0.171 e. The molecule has 0 radical (unpaired) electrons. The highest BCUT2D eigenvalue weighted by atomic mass is 31.2. The number of benzene rings is 7.